The summed E-state index contributed by atoms with van der Waals surface area (Å²) in [4.78, 5) is 8.60. The molecule has 0 aromatic carbocycles. The van der Waals surface area contributed by atoms with Crippen molar-refractivity contribution in [2.24, 2.45) is 5.84 Å². The highest BCUT2D eigenvalue weighted by Crippen LogP contribution is 2.10. The molecule has 0 aliphatic rings. The van der Waals surface area contributed by atoms with Crippen molar-refractivity contribution in [3.8, 4) is 0 Å². The maximum absolute atomic E-state index is 5.35. The van der Waals surface area contributed by atoms with Crippen LogP contribution in [0.25, 0.3) is 0 Å². The maximum atomic E-state index is 5.35. The zero-order valence-electron chi connectivity index (χ0n) is 9.22. The molecule has 0 bridgehead atoms. The van der Waals surface area contributed by atoms with E-state index < -0.39 is 0 Å². The summed E-state index contributed by atoms with van der Waals surface area (Å²) >= 11 is 0. The molecule has 2 aromatic rings. The number of nitrogens with two attached hydrogens (primary N) is 1. The highest BCUT2D eigenvalue weighted by atomic mass is 15.2. The molecule has 0 spiro atoms. The highest BCUT2D eigenvalue weighted by molar-refractivity contribution is 5.42. The van der Waals surface area contributed by atoms with Gasteiger partial charge in [-0.1, -0.05) is 0 Å². The summed E-state index contributed by atoms with van der Waals surface area (Å²) in [5.41, 5.74) is 4.42. The zero-order valence-corrected chi connectivity index (χ0v) is 9.22. The Bertz CT molecular complexity index is 463. The van der Waals surface area contributed by atoms with Crippen LogP contribution in [0.5, 0.6) is 0 Å². The van der Waals surface area contributed by atoms with Crippen molar-refractivity contribution in [3.05, 3.63) is 42.2 Å². The van der Waals surface area contributed by atoms with E-state index in [4.69, 9.17) is 5.84 Å². The molecule has 0 fully saturated rings. The van der Waals surface area contributed by atoms with Crippen LogP contribution >= 0.6 is 0 Å². The van der Waals surface area contributed by atoms with Crippen molar-refractivity contribution < 1.29 is 0 Å². The molecule has 2 rings (SSSR count). The smallest absolute Gasteiger partial charge is 0.114 e. The summed E-state index contributed by atoms with van der Waals surface area (Å²) < 4.78 is 2.10. The van der Waals surface area contributed by atoms with Crippen molar-refractivity contribution in [3.63, 3.8) is 0 Å². The van der Waals surface area contributed by atoms with Gasteiger partial charge in [-0.3, -0.25) is 10.8 Å². The Balaban J connectivity index is 2.20. The summed E-state index contributed by atoms with van der Waals surface area (Å²) in [6, 6.07) is 3.75. The largest absolute Gasteiger partial charge is 0.335 e. The van der Waals surface area contributed by atoms with Crippen LogP contribution in [0.2, 0.25) is 0 Å². The number of hydrogen-bond acceptors (Lipinski definition) is 4. The Morgan fingerprint density at radius 3 is 3.00 bits per heavy atom. The minimum atomic E-state index is 0.719. The van der Waals surface area contributed by atoms with Gasteiger partial charge in [0.1, 0.15) is 5.82 Å². The van der Waals surface area contributed by atoms with E-state index in [1.807, 2.05) is 24.5 Å². The molecule has 84 valence electrons. The number of aryl methyl sites for hydroxylation is 1. The number of pyridine rings is 1. The van der Waals surface area contributed by atoms with E-state index in [2.05, 4.69) is 26.9 Å². The van der Waals surface area contributed by atoms with Crippen LogP contribution in [0.3, 0.4) is 0 Å². The summed E-state index contributed by atoms with van der Waals surface area (Å²) in [6.07, 6.45) is 6.24. The van der Waals surface area contributed by atoms with Gasteiger partial charge in [0.2, 0.25) is 0 Å². The molecule has 3 N–H and O–H groups in total. The molecule has 5 heteroatoms. The second-order valence-corrected chi connectivity index (χ2v) is 3.49. The van der Waals surface area contributed by atoms with Crippen LogP contribution in [-0.2, 0) is 13.0 Å². The van der Waals surface area contributed by atoms with Gasteiger partial charge in [0, 0.05) is 37.3 Å². The van der Waals surface area contributed by atoms with E-state index in [9.17, 15) is 0 Å². The Kier molecular flexibility index (Phi) is 3.16. The Morgan fingerprint density at radius 1 is 1.38 bits per heavy atom. The Hall–Kier alpha value is -1.88. The van der Waals surface area contributed by atoms with Gasteiger partial charge in [0.05, 0.1) is 5.69 Å². The van der Waals surface area contributed by atoms with Gasteiger partial charge in [0.25, 0.3) is 0 Å². The van der Waals surface area contributed by atoms with Crippen molar-refractivity contribution >= 4 is 5.69 Å². The number of hydrazine groups is 1. The fourth-order valence-corrected chi connectivity index (χ4v) is 1.62. The number of anilines is 1. The second kappa shape index (κ2) is 4.76. The fraction of sp³-hybridized carbons (Fsp3) is 0.273. The lowest BCUT2D eigenvalue weighted by Crippen LogP contribution is -2.08. The molecule has 0 unspecified atom stereocenters. The molecule has 16 heavy (non-hydrogen) atoms. The van der Waals surface area contributed by atoms with Gasteiger partial charge in [0.15, 0.2) is 0 Å². The summed E-state index contributed by atoms with van der Waals surface area (Å²) in [6.45, 7) is 3.01. The standard InChI is InChI=1S/C11H15N5/c1-2-16-6-5-14-11(16)8-10-7-9(15-12)3-4-13-10/h3-7H,2,8,12H2,1H3,(H,13,15). The maximum Gasteiger partial charge on any atom is 0.114 e. The van der Waals surface area contributed by atoms with Gasteiger partial charge in [-0.15, -0.1) is 0 Å². The zero-order chi connectivity index (χ0) is 11.4. The quantitative estimate of drug-likeness (QED) is 0.596. The molecule has 2 aromatic heterocycles. The van der Waals surface area contributed by atoms with Gasteiger partial charge >= 0.3 is 0 Å². The third-order valence-corrected chi connectivity index (χ3v) is 2.46. The van der Waals surface area contributed by atoms with Crippen molar-refractivity contribution in [2.45, 2.75) is 19.9 Å². The van der Waals surface area contributed by atoms with Crippen LogP contribution in [0, 0.1) is 0 Å². The van der Waals surface area contributed by atoms with Crippen LogP contribution in [0.15, 0.2) is 30.7 Å². The van der Waals surface area contributed by atoms with Crippen LogP contribution in [0.4, 0.5) is 5.69 Å². The Morgan fingerprint density at radius 2 is 2.25 bits per heavy atom. The van der Waals surface area contributed by atoms with E-state index >= 15 is 0 Å². The average molecular weight is 217 g/mol. The SMILES string of the molecule is CCn1ccnc1Cc1cc(NN)ccn1. The lowest BCUT2D eigenvalue weighted by atomic mass is 10.2. The van der Waals surface area contributed by atoms with Crippen molar-refractivity contribution in [2.75, 3.05) is 5.43 Å². The predicted octanol–water partition coefficient (Wildman–Crippen LogP) is 1.17. The first kappa shape index (κ1) is 10.6. The lowest BCUT2D eigenvalue weighted by molar-refractivity contribution is 0.708. The second-order valence-electron chi connectivity index (χ2n) is 3.49. The molecule has 0 saturated carbocycles. The van der Waals surface area contributed by atoms with Crippen LogP contribution in [0.1, 0.15) is 18.4 Å². The average Bonchev–Trinajstić information content (AvgIpc) is 2.76. The highest BCUT2D eigenvalue weighted by Gasteiger charge is 2.04. The molecule has 0 aliphatic heterocycles. The number of nitrogens with one attached hydrogen (secondary N) is 1. The molecule has 5 nitrogen and oxygen atoms in total. The molecule has 0 atom stereocenters. The van der Waals surface area contributed by atoms with Crippen molar-refractivity contribution in [1.29, 1.82) is 0 Å². The Labute approximate surface area is 94.3 Å². The molecule has 2 heterocycles. The summed E-state index contributed by atoms with van der Waals surface area (Å²) in [7, 11) is 0. The minimum absolute atomic E-state index is 0.719. The number of imidazole rings is 1. The van der Waals surface area contributed by atoms with Gasteiger partial charge in [-0.05, 0) is 19.1 Å². The van der Waals surface area contributed by atoms with Crippen LogP contribution in [-0.4, -0.2) is 14.5 Å². The van der Waals surface area contributed by atoms with E-state index in [-0.39, 0.29) is 0 Å². The van der Waals surface area contributed by atoms with E-state index in [1.165, 1.54) is 0 Å². The number of hydrogen-bond donors (Lipinski definition) is 2. The monoisotopic (exact) mass is 217 g/mol. The lowest BCUT2D eigenvalue weighted by Gasteiger charge is -2.05. The number of nitrogen functional groups attached to an aromatic ring is 1. The van der Waals surface area contributed by atoms with E-state index in [1.54, 1.807) is 6.20 Å². The molecule has 0 radical (unpaired) electrons. The van der Waals surface area contributed by atoms with Crippen molar-refractivity contribution in [1.82, 2.24) is 14.5 Å². The molecule has 0 amide bonds. The number of rotatable bonds is 4. The minimum Gasteiger partial charge on any atom is -0.335 e. The topological polar surface area (TPSA) is 68.8 Å². The van der Waals surface area contributed by atoms with Gasteiger partial charge in [-0.25, -0.2) is 4.98 Å². The first-order valence-electron chi connectivity index (χ1n) is 5.25. The normalized spacial score (nSPS) is 10.4. The number of aromatic nitrogens is 3. The third-order valence-electron chi connectivity index (χ3n) is 2.46. The first-order valence-corrected chi connectivity index (χ1v) is 5.25. The van der Waals surface area contributed by atoms with Crippen LogP contribution < -0.4 is 11.3 Å². The molecule has 0 saturated heterocycles. The van der Waals surface area contributed by atoms with E-state index in [0.717, 1.165) is 30.2 Å². The van der Waals surface area contributed by atoms with E-state index in [0.29, 0.717) is 0 Å². The fourth-order valence-electron chi connectivity index (χ4n) is 1.62. The third kappa shape index (κ3) is 2.20. The predicted molar refractivity (Wildman–Crippen MR) is 62.8 cm³/mol. The molecular formula is C11H15N5. The summed E-state index contributed by atoms with van der Waals surface area (Å²) in [5, 5.41) is 0. The first-order chi connectivity index (χ1) is 7.83. The summed E-state index contributed by atoms with van der Waals surface area (Å²) in [5.74, 6) is 6.37. The van der Waals surface area contributed by atoms with Gasteiger partial charge < -0.3 is 9.99 Å². The van der Waals surface area contributed by atoms with Gasteiger partial charge in [-0.2, -0.15) is 0 Å². The molecule has 0 aliphatic carbocycles. The number of nitrogens with zero attached hydrogens (tertiary/aromatic N) is 3. The molecular weight excluding hydrogens is 202 g/mol.